The highest BCUT2D eigenvalue weighted by molar-refractivity contribution is 5.35. The van der Waals surface area contributed by atoms with E-state index in [1.165, 1.54) is 18.2 Å². The van der Waals surface area contributed by atoms with Crippen LogP contribution < -0.4 is 5.73 Å². The Balaban J connectivity index is 3.01. The minimum atomic E-state index is -0.329. The summed E-state index contributed by atoms with van der Waals surface area (Å²) < 4.78 is 13.3. The molecule has 0 spiro atoms. The summed E-state index contributed by atoms with van der Waals surface area (Å²) in [6.45, 7) is 1.99. The monoisotopic (exact) mass is 192 g/mol. The van der Waals surface area contributed by atoms with Gasteiger partial charge in [0, 0.05) is 11.6 Å². The molecule has 0 amide bonds. The van der Waals surface area contributed by atoms with Gasteiger partial charge in [-0.15, -0.1) is 0 Å². The summed E-state index contributed by atoms with van der Waals surface area (Å²) in [5, 5.41) is 8.65. The summed E-state index contributed by atoms with van der Waals surface area (Å²) in [6, 6.07) is 5.93. The van der Waals surface area contributed by atoms with Crippen LogP contribution >= 0.6 is 0 Å². The van der Waals surface area contributed by atoms with E-state index in [4.69, 9.17) is 11.0 Å². The fraction of sp³-hybridized carbons (Fsp3) is 0.364. The van der Waals surface area contributed by atoms with Crippen molar-refractivity contribution < 1.29 is 4.39 Å². The smallest absolute Gasteiger partial charge is 0.128 e. The lowest BCUT2D eigenvalue weighted by Crippen LogP contribution is -2.11. The standard InChI is InChI=1S/C11H13FN2/c1-2-3-11(14)9-6-8(7-13)4-5-10(9)12/h4-6,11H,2-3,14H2,1H3. The molecule has 1 aromatic rings. The van der Waals surface area contributed by atoms with Gasteiger partial charge in [0.25, 0.3) is 0 Å². The highest BCUT2D eigenvalue weighted by Gasteiger charge is 2.10. The fourth-order valence-corrected chi connectivity index (χ4v) is 1.36. The molecule has 3 heteroatoms. The van der Waals surface area contributed by atoms with Crippen molar-refractivity contribution in [3.05, 3.63) is 35.1 Å². The van der Waals surface area contributed by atoms with E-state index in [0.717, 1.165) is 12.8 Å². The zero-order chi connectivity index (χ0) is 10.6. The molecule has 0 aliphatic rings. The molecule has 0 radical (unpaired) electrons. The molecule has 0 aliphatic heterocycles. The number of nitriles is 1. The third kappa shape index (κ3) is 2.30. The molecular formula is C11H13FN2. The SMILES string of the molecule is CCCC(N)c1cc(C#N)ccc1F. The molecule has 0 saturated heterocycles. The van der Waals surface area contributed by atoms with Crippen molar-refractivity contribution in [3.63, 3.8) is 0 Å². The van der Waals surface area contributed by atoms with Gasteiger partial charge in [0.2, 0.25) is 0 Å². The van der Waals surface area contributed by atoms with E-state index in [9.17, 15) is 4.39 Å². The first-order valence-electron chi connectivity index (χ1n) is 4.64. The molecule has 2 N–H and O–H groups in total. The topological polar surface area (TPSA) is 49.8 Å². The Morgan fingerprint density at radius 3 is 2.86 bits per heavy atom. The minimum absolute atomic E-state index is 0.312. The maximum absolute atomic E-state index is 13.3. The fourth-order valence-electron chi connectivity index (χ4n) is 1.36. The Kier molecular flexibility index (Phi) is 3.61. The van der Waals surface area contributed by atoms with Gasteiger partial charge in [-0.25, -0.2) is 4.39 Å². The van der Waals surface area contributed by atoms with Crippen LogP contribution in [0.15, 0.2) is 18.2 Å². The van der Waals surface area contributed by atoms with Crippen LogP contribution in [0.1, 0.15) is 36.9 Å². The van der Waals surface area contributed by atoms with Gasteiger partial charge in [0.05, 0.1) is 11.6 Å². The van der Waals surface area contributed by atoms with E-state index in [1.54, 1.807) is 0 Å². The normalized spacial score (nSPS) is 12.1. The van der Waals surface area contributed by atoms with Crippen molar-refractivity contribution in [3.8, 4) is 6.07 Å². The van der Waals surface area contributed by atoms with Gasteiger partial charge in [-0.2, -0.15) is 5.26 Å². The molecule has 2 nitrogen and oxygen atoms in total. The Morgan fingerprint density at radius 2 is 2.29 bits per heavy atom. The molecule has 1 rings (SSSR count). The summed E-state index contributed by atoms with van der Waals surface area (Å²) in [5.74, 6) is -0.329. The van der Waals surface area contributed by atoms with Crippen LogP contribution in [0, 0.1) is 17.1 Å². The molecule has 0 aliphatic carbocycles. The quantitative estimate of drug-likeness (QED) is 0.799. The molecule has 0 saturated carbocycles. The van der Waals surface area contributed by atoms with Crippen LogP contribution in [0.25, 0.3) is 0 Å². The minimum Gasteiger partial charge on any atom is -0.324 e. The van der Waals surface area contributed by atoms with Crippen LogP contribution in [0.2, 0.25) is 0 Å². The first kappa shape index (κ1) is 10.7. The van der Waals surface area contributed by atoms with Crippen LogP contribution in [0.4, 0.5) is 4.39 Å². The Morgan fingerprint density at radius 1 is 1.57 bits per heavy atom. The number of benzene rings is 1. The van der Waals surface area contributed by atoms with Crippen molar-refractivity contribution in [1.82, 2.24) is 0 Å². The number of nitrogens with zero attached hydrogens (tertiary/aromatic N) is 1. The summed E-state index contributed by atoms with van der Waals surface area (Å²) >= 11 is 0. The Labute approximate surface area is 83.2 Å². The zero-order valence-electron chi connectivity index (χ0n) is 8.13. The highest BCUT2D eigenvalue weighted by atomic mass is 19.1. The zero-order valence-corrected chi connectivity index (χ0v) is 8.13. The first-order chi connectivity index (χ1) is 6.69. The predicted octanol–water partition coefficient (Wildman–Crippen LogP) is 2.50. The predicted molar refractivity (Wildman–Crippen MR) is 53.0 cm³/mol. The molecule has 0 aromatic heterocycles. The lowest BCUT2D eigenvalue weighted by molar-refractivity contribution is 0.559. The molecule has 0 fully saturated rings. The Bertz CT molecular complexity index is 355. The third-order valence-electron chi connectivity index (χ3n) is 2.12. The van der Waals surface area contributed by atoms with Crippen molar-refractivity contribution in [2.75, 3.05) is 0 Å². The number of nitrogens with two attached hydrogens (primary N) is 1. The molecule has 14 heavy (non-hydrogen) atoms. The number of hydrogen-bond acceptors (Lipinski definition) is 2. The van der Waals surface area contributed by atoms with Crippen LogP contribution in [-0.4, -0.2) is 0 Å². The van der Waals surface area contributed by atoms with Crippen molar-refractivity contribution in [1.29, 1.82) is 5.26 Å². The van der Waals surface area contributed by atoms with E-state index in [0.29, 0.717) is 11.1 Å². The second-order valence-electron chi connectivity index (χ2n) is 3.24. The molecule has 1 aromatic carbocycles. The van der Waals surface area contributed by atoms with Gasteiger partial charge in [-0.3, -0.25) is 0 Å². The van der Waals surface area contributed by atoms with Gasteiger partial charge >= 0.3 is 0 Å². The van der Waals surface area contributed by atoms with E-state index >= 15 is 0 Å². The van der Waals surface area contributed by atoms with Crippen molar-refractivity contribution >= 4 is 0 Å². The summed E-state index contributed by atoms with van der Waals surface area (Å²) in [7, 11) is 0. The molecule has 0 bridgehead atoms. The second kappa shape index (κ2) is 4.73. The van der Waals surface area contributed by atoms with Crippen LogP contribution in [0.5, 0.6) is 0 Å². The van der Waals surface area contributed by atoms with Gasteiger partial charge in [0.15, 0.2) is 0 Å². The number of halogens is 1. The maximum atomic E-state index is 13.3. The molecule has 74 valence electrons. The summed E-state index contributed by atoms with van der Waals surface area (Å²) in [4.78, 5) is 0. The van der Waals surface area contributed by atoms with Gasteiger partial charge in [-0.1, -0.05) is 13.3 Å². The lowest BCUT2D eigenvalue weighted by Gasteiger charge is -2.11. The van der Waals surface area contributed by atoms with E-state index in [-0.39, 0.29) is 11.9 Å². The average molecular weight is 192 g/mol. The van der Waals surface area contributed by atoms with E-state index in [2.05, 4.69) is 0 Å². The average Bonchev–Trinajstić information content (AvgIpc) is 2.19. The van der Waals surface area contributed by atoms with Crippen LogP contribution in [0.3, 0.4) is 0 Å². The van der Waals surface area contributed by atoms with Crippen LogP contribution in [-0.2, 0) is 0 Å². The largest absolute Gasteiger partial charge is 0.324 e. The first-order valence-corrected chi connectivity index (χ1v) is 4.64. The van der Waals surface area contributed by atoms with Crippen molar-refractivity contribution in [2.45, 2.75) is 25.8 Å². The number of rotatable bonds is 3. The second-order valence-corrected chi connectivity index (χ2v) is 3.24. The van der Waals surface area contributed by atoms with E-state index in [1.807, 2.05) is 13.0 Å². The highest BCUT2D eigenvalue weighted by Crippen LogP contribution is 2.20. The van der Waals surface area contributed by atoms with Gasteiger partial charge in [0.1, 0.15) is 5.82 Å². The van der Waals surface area contributed by atoms with Gasteiger partial charge in [-0.05, 0) is 24.6 Å². The summed E-state index contributed by atoms with van der Waals surface area (Å²) in [5.41, 5.74) is 6.67. The molecular weight excluding hydrogens is 179 g/mol. The number of hydrogen-bond donors (Lipinski definition) is 1. The Hall–Kier alpha value is -1.40. The lowest BCUT2D eigenvalue weighted by atomic mass is 10.0. The van der Waals surface area contributed by atoms with E-state index < -0.39 is 0 Å². The maximum Gasteiger partial charge on any atom is 0.128 e. The van der Waals surface area contributed by atoms with Crippen molar-refractivity contribution in [2.24, 2.45) is 5.73 Å². The molecule has 0 heterocycles. The van der Waals surface area contributed by atoms with Gasteiger partial charge < -0.3 is 5.73 Å². The third-order valence-corrected chi connectivity index (χ3v) is 2.12. The molecule has 1 atom stereocenters. The molecule has 1 unspecified atom stereocenters. The summed E-state index contributed by atoms with van der Waals surface area (Å²) in [6.07, 6.45) is 1.63.